The second kappa shape index (κ2) is 6.24. The van der Waals surface area contributed by atoms with Crippen molar-refractivity contribution in [3.8, 4) is 5.69 Å². The summed E-state index contributed by atoms with van der Waals surface area (Å²) in [5, 5.41) is -0.456. The Labute approximate surface area is 129 Å². The van der Waals surface area contributed by atoms with Gasteiger partial charge >= 0.3 is 7.60 Å². The number of hydrogen-bond acceptors (Lipinski definition) is 2. The van der Waals surface area contributed by atoms with Crippen LogP contribution in [0.2, 0.25) is 0 Å². The van der Waals surface area contributed by atoms with Gasteiger partial charge < -0.3 is 9.79 Å². The number of aryl methyl sites for hydroxylation is 3. The first kappa shape index (κ1) is 16.7. The summed E-state index contributed by atoms with van der Waals surface area (Å²) in [6.45, 7) is 6.39. The van der Waals surface area contributed by atoms with Gasteiger partial charge in [-0.25, -0.2) is 4.68 Å². The normalized spacial score (nSPS) is 11.9. The number of benzene rings is 1. The zero-order valence-corrected chi connectivity index (χ0v) is 13.9. The zero-order chi connectivity index (χ0) is 16.5. The molecule has 0 saturated heterocycles. The summed E-state index contributed by atoms with van der Waals surface area (Å²) in [6, 6.07) is 5.65. The smallest absolute Gasteiger partial charge is 0.321 e. The minimum atomic E-state index is -4.59. The minimum Gasteiger partial charge on any atom is -0.321 e. The van der Waals surface area contributed by atoms with Crippen LogP contribution in [0.4, 0.5) is 0 Å². The molecule has 0 aliphatic heterocycles. The summed E-state index contributed by atoms with van der Waals surface area (Å²) in [4.78, 5) is 31.2. The summed E-state index contributed by atoms with van der Waals surface area (Å²) >= 11 is 0. The Morgan fingerprint density at radius 1 is 1.14 bits per heavy atom. The van der Waals surface area contributed by atoms with Crippen LogP contribution in [0, 0.1) is 13.8 Å². The van der Waals surface area contributed by atoms with E-state index >= 15 is 0 Å². The van der Waals surface area contributed by atoms with E-state index in [1.54, 1.807) is 4.68 Å². The van der Waals surface area contributed by atoms with E-state index in [9.17, 15) is 19.1 Å². The molecule has 120 valence electrons. The molecule has 2 rings (SSSR count). The molecule has 22 heavy (non-hydrogen) atoms. The third-order valence-corrected chi connectivity index (χ3v) is 4.38. The van der Waals surface area contributed by atoms with Gasteiger partial charge in [-0.15, -0.1) is 0 Å². The third-order valence-electron chi connectivity index (χ3n) is 3.45. The van der Waals surface area contributed by atoms with Gasteiger partial charge in [-0.05, 0) is 43.5 Å². The van der Waals surface area contributed by atoms with Crippen molar-refractivity contribution in [2.24, 2.45) is 0 Å². The molecule has 0 spiro atoms. The Balaban J connectivity index is 2.69. The Kier molecular flexibility index (Phi) is 4.75. The monoisotopic (exact) mass is 324 g/mol. The quantitative estimate of drug-likeness (QED) is 0.822. The number of hydrogen-bond donors (Lipinski definition) is 2. The minimum absolute atomic E-state index is 0.456. The van der Waals surface area contributed by atoms with Crippen molar-refractivity contribution in [3.05, 3.63) is 45.9 Å². The lowest BCUT2D eigenvalue weighted by molar-refractivity contribution is 0.387. The summed E-state index contributed by atoms with van der Waals surface area (Å²) in [6.07, 6.45) is 3.01. The van der Waals surface area contributed by atoms with Crippen LogP contribution in [-0.2, 0) is 11.1 Å². The molecule has 0 aliphatic rings. The molecule has 0 atom stereocenters. The number of rotatable bonds is 5. The molecule has 0 saturated carbocycles. The first-order valence-corrected chi connectivity index (χ1v) is 8.82. The molecule has 1 aromatic heterocycles. The average Bonchev–Trinajstić information content (AvgIpc) is 2.72. The Hall–Kier alpha value is -1.62. The van der Waals surface area contributed by atoms with Crippen LogP contribution in [0.25, 0.3) is 5.69 Å². The van der Waals surface area contributed by atoms with Crippen LogP contribution in [0.15, 0.2) is 29.2 Å². The maximum Gasteiger partial charge on any atom is 0.363 e. The zero-order valence-electron chi connectivity index (χ0n) is 13.0. The first-order valence-electron chi connectivity index (χ1n) is 7.21. The van der Waals surface area contributed by atoms with Crippen LogP contribution in [0.1, 0.15) is 30.9 Å². The molecule has 6 nitrogen and oxygen atoms in total. The van der Waals surface area contributed by atoms with E-state index in [0.717, 1.165) is 24.0 Å². The van der Waals surface area contributed by atoms with Gasteiger partial charge in [0.1, 0.15) is 5.30 Å². The van der Waals surface area contributed by atoms with Crippen LogP contribution in [-0.4, -0.2) is 19.2 Å². The first-order chi connectivity index (χ1) is 10.2. The van der Waals surface area contributed by atoms with Crippen molar-refractivity contribution in [1.29, 1.82) is 0 Å². The van der Waals surface area contributed by atoms with Gasteiger partial charge in [0.15, 0.2) is 0 Å². The molecule has 7 heteroatoms. The van der Waals surface area contributed by atoms with E-state index in [0.29, 0.717) is 12.2 Å². The summed E-state index contributed by atoms with van der Waals surface area (Å²) in [5.41, 5.74) is 1.94. The fourth-order valence-electron chi connectivity index (χ4n) is 2.50. The van der Waals surface area contributed by atoms with Crippen molar-refractivity contribution in [2.75, 3.05) is 0 Å². The molecule has 0 amide bonds. The lowest BCUT2D eigenvalue weighted by Gasteiger charge is -2.12. The number of unbranched alkanes of at least 4 members (excludes halogenated alkanes) is 1. The van der Waals surface area contributed by atoms with Crippen LogP contribution < -0.4 is 10.9 Å². The highest BCUT2D eigenvalue weighted by Crippen LogP contribution is 2.31. The van der Waals surface area contributed by atoms with Crippen LogP contribution in [0.3, 0.4) is 0 Å². The summed E-state index contributed by atoms with van der Waals surface area (Å²) < 4.78 is 14.5. The third kappa shape index (κ3) is 3.40. The van der Waals surface area contributed by atoms with Gasteiger partial charge in [0, 0.05) is 12.7 Å². The van der Waals surface area contributed by atoms with Gasteiger partial charge in [-0.2, -0.15) is 0 Å². The molecule has 0 aliphatic carbocycles. The van der Waals surface area contributed by atoms with Gasteiger partial charge in [0.05, 0.1) is 5.69 Å². The average molecular weight is 324 g/mol. The lowest BCUT2D eigenvalue weighted by Crippen LogP contribution is -2.28. The Morgan fingerprint density at radius 2 is 1.73 bits per heavy atom. The summed E-state index contributed by atoms with van der Waals surface area (Å²) in [5.74, 6) is 0. The fraction of sp³-hybridized carbons (Fsp3) is 0.400. The highest BCUT2D eigenvalue weighted by atomic mass is 31.2. The van der Waals surface area contributed by atoms with Crippen LogP contribution >= 0.6 is 7.60 Å². The Morgan fingerprint density at radius 3 is 2.23 bits per heavy atom. The van der Waals surface area contributed by atoms with E-state index in [2.05, 4.69) is 0 Å². The number of aromatic nitrogens is 2. The maximum absolute atomic E-state index is 12.5. The van der Waals surface area contributed by atoms with Gasteiger partial charge in [-0.1, -0.05) is 19.4 Å². The molecular weight excluding hydrogens is 303 g/mol. The maximum atomic E-state index is 12.5. The highest BCUT2D eigenvalue weighted by Gasteiger charge is 2.26. The van der Waals surface area contributed by atoms with E-state index in [1.165, 1.54) is 10.9 Å². The molecule has 2 N–H and O–H groups in total. The summed E-state index contributed by atoms with van der Waals surface area (Å²) in [7, 11) is -4.59. The van der Waals surface area contributed by atoms with Crippen molar-refractivity contribution in [1.82, 2.24) is 9.36 Å². The molecule has 1 aromatic carbocycles. The molecule has 0 fully saturated rings. The van der Waals surface area contributed by atoms with Crippen LogP contribution in [0.5, 0.6) is 0 Å². The van der Waals surface area contributed by atoms with Crippen molar-refractivity contribution in [2.45, 2.75) is 40.2 Å². The molecule has 1 heterocycles. The number of nitrogens with zero attached hydrogens (tertiary/aromatic N) is 2. The van der Waals surface area contributed by atoms with Gasteiger partial charge in [0.25, 0.3) is 5.56 Å². The SMILES string of the molecule is CCCCn1cc(P(=O)(O)O)c(=O)n1-c1cc(C)cc(C)c1. The topological polar surface area (TPSA) is 84.5 Å². The Bertz CT molecular complexity index is 765. The predicted octanol–water partition coefficient (Wildman–Crippen LogP) is 1.86. The van der Waals surface area contributed by atoms with E-state index < -0.39 is 18.5 Å². The molecule has 0 bridgehead atoms. The van der Waals surface area contributed by atoms with Crippen molar-refractivity contribution < 1.29 is 14.4 Å². The predicted molar refractivity (Wildman–Crippen MR) is 86.1 cm³/mol. The van der Waals surface area contributed by atoms with E-state index in [-0.39, 0.29) is 0 Å². The molecule has 0 unspecified atom stereocenters. The fourth-order valence-corrected chi connectivity index (χ4v) is 3.13. The highest BCUT2D eigenvalue weighted by molar-refractivity contribution is 7.60. The second-order valence-corrected chi connectivity index (χ2v) is 7.11. The molecule has 0 radical (unpaired) electrons. The van der Waals surface area contributed by atoms with E-state index in [4.69, 9.17) is 0 Å². The lowest BCUT2D eigenvalue weighted by atomic mass is 10.1. The standard InChI is InChI=1S/C15H21N2O4P/c1-4-5-6-16-10-14(22(19,20)21)15(18)17(16)13-8-11(2)7-12(3)9-13/h7-10H,4-6H2,1-3H3,(H2,19,20,21). The molecular formula is C15H21N2O4P. The van der Waals surface area contributed by atoms with Gasteiger partial charge in [-0.3, -0.25) is 14.0 Å². The van der Waals surface area contributed by atoms with Crippen molar-refractivity contribution >= 4 is 12.9 Å². The molecule has 2 aromatic rings. The van der Waals surface area contributed by atoms with Crippen molar-refractivity contribution in [3.63, 3.8) is 0 Å². The largest absolute Gasteiger partial charge is 0.363 e. The van der Waals surface area contributed by atoms with E-state index in [1.807, 2.05) is 39.0 Å². The van der Waals surface area contributed by atoms with Gasteiger partial charge in [0.2, 0.25) is 0 Å². The second-order valence-electron chi connectivity index (χ2n) is 5.54.